The van der Waals surface area contributed by atoms with E-state index in [0.29, 0.717) is 25.4 Å². The van der Waals surface area contributed by atoms with E-state index >= 15 is 0 Å². The lowest BCUT2D eigenvalue weighted by Gasteiger charge is -2.14. The van der Waals surface area contributed by atoms with Gasteiger partial charge in [0.15, 0.2) is 11.5 Å². The topological polar surface area (TPSA) is 119 Å². The lowest BCUT2D eigenvalue weighted by atomic mass is 10.1. The third kappa shape index (κ3) is 6.75. The Balaban J connectivity index is 1.57. The lowest BCUT2D eigenvalue weighted by Crippen LogP contribution is -2.27. The number of benzene rings is 3. The molecule has 1 fully saturated rings. The van der Waals surface area contributed by atoms with E-state index in [1.54, 1.807) is 30.3 Å². The Hall–Kier alpha value is -3.07. The number of nitrogens with one attached hydrogen (secondary N) is 1. The highest BCUT2D eigenvalue weighted by molar-refractivity contribution is 14.1. The molecule has 3 aromatic rings. The third-order valence-corrected chi connectivity index (χ3v) is 8.68. The Bertz CT molecular complexity index is 1610. The number of methoxy groups -OCH3 is 1. The number of halogens is 2. The summed E-state index contributed by atoms with van der Waals surface area (Å²) in [5.41, 5.74) is 1.59. The van der Waals surface area contributed by atoms with Crippen LogP contribution < -0.4 is 14.2 Å². The first-order chi connectivity index (χ1) is 18.5. The number of anilines is 1. The molecule has 0 aromatic heterocycles. The summed E-state index contributed by atoms with van der Waals surface area (Å²) in [4.78, 5) is 37.9. The molecule has 9 nitrogen and oxygen atoms in total. The van der Waals surface area contributed by atoms with Gasteiger partial charge in [-0.05, 0) is 94.0 Å². The molecule has 0 saturated carbocycles. The number of amides is 3. The minimum Gasteiger partial charge on any atom is -0.493 e. The van der Waals surface area contributed by atoms with Crippen molar-refractivity contribution in [2.24, 2.45) is 0 Å². The highest BCUT2D eigenvalue weighted by Crippen LogP contribution is 2.39. The SMILES string of the molecule is COc1cc(/C=C2\SC(=O)N(Cc3ccccc3Cl)C2=O)cc(I)c1OS(=O)(=O)c1ccc(NC(C)=O)cc1. The summed E-state index contributed by atoms with van der Waals surface area (Å²) in [6.45, 7) is 1.39. The molecule has 39 heavy (non-hydrogen) atoms. The van der Waals surface area contributed by atoms with Gasteiger partial charge in [0.1, 0.15) is 4.90 Å². The minimum absolute atomic E-state index is 0.0342. The molecule has 0 atom stereocenters. The van der Waals surface area contributed by atoms with Crippen LogP contribution in [0.3, 0.4) is 0 Å². The fourth-order valence-corrected chi connectivity index (χ4v) is 6.43. The van der Waals surface area contributed by atoms with E-state index in [9.17, 15) is 22.8 Å². The van der Waals surface area contributed by atoms with Crippen molar-refractivity contribution in [2.45, 2.75) is 18.4 Å². The third-order valence-electron chi connectivity index (χ3n) is 5.37. The van der Waals surface area contributed by atoms with Crippen molar-refractivity contribution in [3.05, 3.63) is 85.3 Å². The average Bonchev–Trinajstić information content (AvgIpc) is 3.14. The van der Waals surface area contributed by atoms with Crippen molar-refractivity contribution in [3.8, 4) is 11.5 Å². The average molecular weight is 699 g/mol. The van der Waals surface area contributed by atoms with Crippen LogP contribution >= 0.6 is 46.0 Å². The molecule has 4 rings (SSSR count). The Morgan fingerprint density at radius 1 is 1.13 bits per heavy atom. The maximum Gasteiger partial charge on any atom is 0.339 e. The van der Waals surface area contributed by atoms with Crippen molar-refractivity contribution < 1.29 is 31.7 Å². The molecule has 0 bridgehead atoms. The van der Waals surface area contributed by atoms with Crippen LogP contribution in [0.4, 0.5) is 10.5 Å². The Kier molecular flexibility index (Phi) is 8.89. The van der Waals surface area contributed by atoms with Gasteiger partial charge in [0.25, 0.3) is 11.1 Å². The van der Waals surface area contributed by atoms with Crippen LogP contribution in [0.1, 0.15) is 18.1 Å². The van der Waals surface area contributed by atoms with Crippen molar-refractivity contribution in [1.29, 1.82) is 0 Å². The zero-order chi connectivity index (χ0) is 28.3. The largest absolute Gasteiger partial charge is 0.493 e. The zero-order valence-corrected chi connectivity index (χ0v) is 25.0. The van der Waals surface area contributed by atoms with E-state index < -0.39 is 21.3 Å². The van der Waals surface area contributed by atoms with Gasteiger partial charge < -0.3 is 14.2 Å². The van der Waals surface area contributed by atoms with Gasteiger partial charge in [-0.15, -0.1) is 0 Å². The summed E-state index contributed by atoms with van der Waals surface area (Å²) >= 11 is 8.88. The number of carbonyl (C=O) groups excluding carboxylic acids is 3. The highest BCUT2D eigenvalue weighted by Gasteiger charge is 2.35. The predicted octanol–water partition coefficient (Wildman–Crippen LogP) is 5.92. The zero-order valence-electron chi connectivity index (χ0n) is 20.4. The van der Waals surface area contributed by atoms with Gasteiger partial charge in [-0.1, -0.05) is 29.8 Å². The van der Waals surface area contributed by atoms with Crippen molar-refractivity contribution in [1.82, 2.24) is 4.90 Å². The van der Waals surface area contributed by atoms with Crippen LogP contribution in [0.5, 0.6) is 11.5 Å². The number of imide groups is 1. The summed E-state index contributed by atoms with van der Waals surface area (Å²) in [5, 5.41) is 2.59. The molecule has 3 amide bonds. The molecule has 0 unspecified atom stereocenters. The Morgan fingerprint density at radius 2 is 1.82 bits per heavy atom. The smallest absolute Gasteiger partial charge is 0.339 e. The van der Waals surface area contributed by atoms with Crippen LogP contribution in [0.2, 0.25) is 5.02 Å². The molecule has 3 aromatic carbocycles. The molecule has 1 saturated heterocycles. The maximum atomic E-state index is 13.0. The molecule has 1 aliphatic heterocycles. The molecule has 202 valence electrons. The first-order valence-electron chi connectivity index (χ1n) is 11.2. The van der Waals surface area contributed by atoms with Crippen molar-refractivity contribution in [2.75, 3.05) is 12.4 Å². The van der Waals surface area contributed by atoms with Crippen LogP contribution in [-0.4, -0.2) is 37.5 Å². The number of rotatable bonds is 8. The fraction of sp³-hybridized carbons (Fsp3) is 0.115. The number of hydrogen-bond acceptors (Lipinski definition) is 8. The molecule has 13 heteroatoms. The van der Waals surface area contributed by atoms with Gasteiger partial charge in [-0.25, -0.2) is 0 Å². The lowest BCUT2D eigenvalue weighted by molar-refractivity contribution is -0.123. The van der Waals surface area contributed by atoms with Crippen molar-refractivity contribution in [3.63, 3.8) is 0 Å². The van der Waals surface area contributed by atoms with Gasteiger partial charge in [-0.3, -0.25) is 19.3 Å². The van der Waals surface area contributed by atoms with Crippen LogP contribution in [-0.2, 0) is 26.3 Å². The summed E-state index contributed by atoms with van der Waals surface area (Å²) in [6.07, 6.45) is 1.53. The number of carbonyl (C=O) groups is 3. The van der Waals surface area contributed by atoms with Crippen LogP contribution in [0, 0.1) is 3.57 Å². The molecular weight excluding hydrogens is 679 g/mol. The minimum atomic E-state index is -4.24. The highest BCUT2D eigenvalue weighted by atomic mass is 127. The fourth-order valence-electron chi connectivity index (χ4n) is 3.55. The predicted molar refractivity (Wildman–Crippen MR) is 157 cm³/mol. The maximum absolute atomic E-state index is 13.0. The van der Waals surface area contributed by atoms with E-state index in [1.807, 2.05) is 22.6 Å². The summed E-state index contributed by atoms with van der Waals surface area (Å²) in [5.74, 6) is -0.675. The van der Waals surface area contributed by atoms with E-state index in [1.165, 1.54) is 50.4 Å². The molecule has 1 aliphatic rings. The number of hydrogen-bond donors (Lipinski definition) is 1. The summed E-state index contributed by atoms with van der Waals surface area (Å²) < 4.78 is 37.0. The molecular formula is C26H20ClIN2O7S2. The number of ether oxygens (including phenoxy) is 1. The van der Waals surface area contributed by atoms with Crippen LogP contribution in [0.15, 0.2) is 70.5 Å². The Labute approximate surface area is 247 Å². The van der Waals surface area contributed by atoms with E-state index in [2.05, 4.69) is 5.32 Å². The van der Waals surface area contributed by atoms with Gasteiger partial charge in [0.2, 0.25) is 5.91 Å². The molecule has 1 N–H and O–H groups in total. The Morgan fingerprint density at radius 3 is 2.46 bits per heavy atom. The molecule has 0 aliphatic carbocycles. The molecule has 0 radical (unpaired) electrons. The van der Waals surface area contributed by atoms with Crippen LogP contribution in [0.25, 0.3) is 6.08 Å². The van der Waals surface area contributed by atoms with Gasteiger partial charge in [0, 0.05) is 17.6 Å². The van der Waals surface area contributed by atoms with Gasteiger partial charge in [-0.2, -0.15) is 8.42 Å². The number of nitrogens with zero attached hydrogens (tertiary/aromatic N) is 1. The van der Waals surface area contributed by atoms with E-state index in [4.69, 9.17) is 20.5 Å². The van der Waals surface area contributed by atoms with E-state index in [0.717, 1.165) is 16.7 Å². The quantitative estimate of drug-likeness (QED) is 0.175. The van der Waals surface area contributed by atoms with Gasteiger partial charge >= 0.3 is 10.1 Å². The second kappa shape index (κ2) is 12.0. The molecule has 0 spiro atoms. The summed E-state index contributed by atoms with van der Waals surface area (Å²) in [6, 6.07) is 15.6. The second-order valence-corrected chi connectivity index (χ2v) is 12.2. The first-order valence-corrected chi connectivity index (χ1v) is 14.8. The van der Waals surface area contributed by atoms with Crippen molar-refractivity contribution >= 4 is 84.9 Å². The van der Waals surface area contributed by atoms with Gasteiger partial charge in [0.05, 0.1) is 22.1 Å². The first kappa shape index (κ1) is 28.9. The summed E-state index contributed by atoms with van der Waals surface area (Å²) in [7, 11) is -2.88. The standard InChI is InChI=1S/C26H20ClIN2O7S2/c1-15(31)29-18-7-9-19(10-8-18)39(34,35)37-24-21(28)11-16(12-22(24)36-2)13-23-25(32)30(26(33)38-23)14-17-5-3-4-6-20(17)27/h3-13H,14H2,1-2H3,(H,29,31)/b23-13-. The number of thioether (sulfide) groups is 1. The second-order valence-electron chi connectivity index (χ2n) is 8.14. The molecule has 1 heterocycles. The normalized spacial score (nSPS) is 14.6. The van der Waals surface area contributed by atoms with E-state index in [-0.39, 0.29) is 33.8 Å². The monoisotopic (exact) mass is 698 g/mol.